The summed E-state index contributed by atoms with van der Waals surface area (Å²) in [4.78, 5) is 11.5. The van der Waals surface area contributed by atoms with Crippen LogP contribution in [0.25, 0.3) is 0 Å². The molecule has 0 bridgehead atoms. The minimum Gasteiger partial charge on any atom is -0.355 e. The number of aryl methyl sites for hydroxylation is 1. The third-order valence-corrected chi connectivity index (χ3v) is 3.60. The lowest BCUT2D eigenvalue weighted by Crippen LogP contribution is -2.19. The van der Waals surface area contributed by atoms with Crippen LogP contribution in [-0.2, 0) is 6.54 Å². The maximum Gasteiger partial charge on any atom is 0.251 e. The van der Waals surface area contributed by atoms with Gasteiger partial charge in [0.25, 0.3) is 5.91 Å². The lowest BCUT2D eigenvalue weighted by molar-refractivity contribution is 0.0963. The summed E-state index contributed by atoms with van der Waals surface area (Å²) in [5.74, 6) is -0.0531. The maximum absolute atomic E-state index is 11.5. The second kappa shape index (κ2) is 7.04. The van der Waals surface area contributed by atoms with Gasteiger partial charge in [-0.25, -0.2) is 0 Å². The number of amides is 1. The number of benzene rings is 2. The van der Waals surface area contributed by atoms with Crippen molar-refractivity contribution in [3.8, 4) is 0 Å². The predicted octanol–water partition coefficient (Wildman–Crippen LogP) is 3.21. The SMILES string of the molecule is CNC(=O)c1ccc(CN[C@H](C)c2cccc(C)c2)cc1. The molecule has 1 amide bonds. The van der Waals surface area contributed by atoms with E-state index >= 15 is 0 Å². The minimum absolute atomic E-state index is 0.0531. The van der Waals surface area contributed by atoms with Crippen molar-refractivity contribution in [2.45, 2.75) is 26.4 Å². The Morgan fingerprint density at radius 3 is 2.48 bits per heavy atom. The van der Waals surface area contributed by atoms with Crippen LogP contribution in [-0.4, -0.2) is 13.0 Å². The van der Waals surface area contributed by atoms with Gasteiger partial charge in [0.15, 0.2) is 0 Å². The Morgan fingerprint density at radius 2 is 1.86 bits per heavy atom. The zero-order valence-electron chi connectivity index (χ0n) is 12.8. The molecule has 0 saturated carbocycles. The van der Waals surface area contributed by atoms with E-state index in [4.69, 9.17) is 0 Å². The first kappa shape index (κ1) is 15.3. The second-order valence-electron chi connectivity index (χ2n) is 5.29. The van der Waals surface area contributed by atoms with Crippen LogP contribution in [0.3, 0.4) is 0 Å². The molecule has 0 spiro atoms. The number of carbonyl (C=O) groups excluding carboxylic acids is 1. The molecule has 0 aromatic heterocycles. The minimum atomic E-state index is -0.0531. The van der Waals surface area contributed by atoms with Crippen LogP contribution in [0.15, 0.2) is 48.5 Å². The van der Waals surface area contributed by atoms with E-state index in [2.05, 4.69) is 48.7 Å². The van der Waals surface area contributed by atoms with Gasteiger partial charge in [0.05, 0.1) is 0 Å². The van der Waals surface area contributed by atoms with Crippen molar-refractivity contribution in [3.63, 3.8) is 0 Å². The van der Waals surface area contributed by atoms with Gasteiger partial charge in [0.2, 0.25) is 0 Å². The molecule has 2 rings (SSSR count). The lowest BCUT2D eigenvalue weighted by atomic mass is 10.1. The number of rotatable bonds is 5. The molecule has 0 aliphatic rings. The van der Waals surface area contributed by atoms with E-state index in [1.807, 2.05) is 24.3 Å². The van der Waals surface area contributed by atoms with E-state index in [0.717, 1.165) is 6.54 Å². The van der Waals surface area contributed by atoms with Crippen LogP contribution in [0.1, 0.15) is 40.0 Å². The van der Waals surface area contributed by atoms with Gasteiger partial charge in [-0.3, -0.25) is 4.79 Å². The third-order valence-electron chi connectivity index (χ3n) is 3.60. The molecule has 3 nitrogen and oxygen atoms in total. The Morgan fingerprint density at radius 1 is 1.14 bits per heavy atom. The number of hydrogen-bond acceptors (Lipinski definition) is 2. The fourth-order valence-electron chi connectivity index (χ4n) is 2.25. The summed E-state index contributed by atoms with van der Waals surface area (Å²) in [6, 6.07) is 16.5. The standard InChI is InChI=1S/C18H22N2O/c1-13-5-4-6-17(11-13)14(2)20-12-15-7-9-16(10-8-15)18(21)19-3/h4-11,14,20H,12H2,1-3H3,(H,19,21)/t14-/m1/s1. The fraction of sp³-hybridized carbons (Fsp3) is 0.278. The molecule has 0 fully saturated rings. The largest absolute Gasteiger partial charge is 0.355 e. The highest BCUT2D eigenvalue weighted by atomic mass is 16.1. The highest BCUT2D eigenvalue weighted by Crippen LogP contribution is 2.14. The summed E-state index contributed by atoms with van der Waals surface area (Å²) in [5.41, 5.74) is 4.42. The summed E-state index contributed by atoms with van der Waals surface area (Å²) in [6.45, 7) is 5.05. The molecular weight excluding hydrogens is 260 g/mol. The molecule has 2 aromatic rings. The van der Waals surface area contributed by atoms with E-state index in [9.17, 15) is 4.79 Å². The van der Waals surface area contributed by atoms with Gasteiger partial charge < -0.3 is 10.6 Å². The van der Waals surface area contributed by atoms with E-state index in [1.165, 1.54) is 16.7 Å². The van der Waals surface area contributed by atoms with Gasteiger partial charge in [0.1, 0.15) is 0 Å². The predicted molar refractivity (Wildman–Crippen MR) is 86.3 cm³/mol. The van der Waals surface area contributed by atoms with Crippen molar-refractivity contribution in [1.29, 1.82) is 0 Å². The van der Waals surface area contributed by atoms with Crippen molar-refractivity contribution in [3.05, 3.63) is 70.8 Å². The molecular formula is C18H22N2O. The Balaban J connectivity index is 1.95. The summed E-state index contributed by atoms with van der Waals surface area (Å²) >= 11 is 0. The van der Waals surface area contributed by atoms with Gasteiger partial charge in [0, 0.05) is 25.2 Å². The second-order valence-corrected chi connectivity index (χ2v) is 5.29. The average molecular weight is 282 g/mol. The molecule has 3 heteroatoms. The van der Waals surface area contributed by atoms with Crippen LogP contribution in [0.2, 0.25) is 0 Å². The van der Waals surface area contributed by atoms with Crippen LogP contribution in [0, 0.1) is 6.92 Å². The molecule has 2 N–H and O–H groups in total. The quantitative estimate of drug-likeness (QED) is 0.884. The first-order valence-corrected chi connectivity index (χ1v) is 7.21. The van der Waals surface area contributed by atoms with Crippen molar-refractivity contribution in [1.82, 2.24) is 10.6 Å². The lowest BCUT2D eigenvalue weighted by Gasteiger charge is -2.15. The summed E-state index contributed by atoms with van der Waals surface area (Å²) < 4.78 is 0. The molecule has 110 valence electrons. The van der Waals surface area contributed by atoms with E-state index in [0.29, 0.717) is 11.6 Å². The zero-order valence-corrected chi connectivity index (χ0v) is 12.8. The van der Waals surface area contributed by atoms with Gasteiger partial charge in [-0.1, -0.05) is 42.0 Å². The highest BCUT2D eigenvalue weighted by Gasteiger charge is 2.06. The number of nitrogens with one attached hydrogen (secondary N) is 2. The van der Waals surface area contributed by atoms with E-state index in [-0.39, 0.29) is 5.91 Å². The Labute approximate surface area is 126 Å². The molecule has 0 aliphatic carbocycles. The molecule has 21 heavy (non-hydrogen) atoms. The molecule has 2 aromatic carbocycles. The first-order chi connectivity index (χ1) is 10.1. The summed E-state index contributed by atoms with van der Waals surface area (Å²) in [7, 11) is 1.64. The smallest absolute Gasteiger partial charge is 0.251 e. The van der Waals surface area contributed by atoms with Crippen LogP contribution < -0.4 is 10.6 Å². The molecule has 0 radical (unpaired) electrons. The normalized spacial score (nSPS) is 12.0. The van der Waals surface area contributed by atoms with Crippen molar-refractivity contribution in [2.75, 3.05) is 7.05 Å². The molecule has 0 saturated heterocycles. The maximum atomic E-state index is 11.5. The monoisotopic (exact) mass is 282 g/mol. The molecule has 0 heterocycles. The number of hydrogen-bond donors (Lipinski definition) is 2. The average Bonchev–Trinajstić information content (AvgIpc) is 2.52. The van der Waals surface area contributed by atoms with E-state index in [1.54, 1.807) is 7.05 Å². The van der Waals surface area contributed by atoms with Crippen molar-refractivity contribution in [2.24, 2.45) is 0 Å². The number of carbonyl (C=O) groups is 1. The van der Waals surface area contributed by atoms with Crippen molar-refractivity contribution < 1.29 is 4.79 Å². The van der Waals surface area contributed by atoms with Crippen molar-refractivity contribution >= 4 is 5.91 Å². The van der Waals surface area contributed by atoms with Crippen LogP contribution in [0.4, 0.5) is 0 Å². The topological polar surface area (TPSA) is 41.1 Å². The van der Waals surface area contributed by atoms with E-state index < -0.39 is 0 Å². The molecule has 0 unspecified atom stereocenters. The van der Waals surface area contributed by atoms with Crippen LogP contribution >= 0.6 is 0 Å². The summed E-state index contributed by atoms with van der Waals surface area (Å²) in [6.07, 6.45) is 0. The fourth-order valence-corrected chi connectivity index (χ4v) is 2.25. The third kappa shape index (κ3) is 4.17. The Bertz CT molecular complexity index is 605. The van der Waals surface area contributed by atoms with Gasteiger partial charge in [-0.15, -0.1) is 0 Å². The van der Waals surface area contributed by atoms with Gasteiger partial charge in [-0.05, 0) is 37.1 Å². The molecule has 0 aliphatic heterocycles. The molecule has 1 atom stereocenters. The zero-order chi connectivity index (χ0) is 15.2. The van der Waals surface area contributed by atoms with Gasteiger partial charge in [-0.2, -0.15) is 0 Å². The first-order valence-electron chi connectivity index (χ1n) is 7.21. The van der Waals surface area contributed by atoms with Crippen LogP contribution in [0.5, 0.6) is 0 Å². The Hall–Kier alpha value is -2.13. The van der Waals surface area contributed by atoms with Gasteiger partial charge >= 0.3 is 0 Å². The summed E-state index contributed by atoms with van der Waals surface area (Å²) in [5, 5.41) is 6.13. The highest BCUT2D eigenvalue weighted by molar-refractivity contribution is 5.93. The Kier molecular flexibility index (Phi) is 5.12.